The number of rotatable bonds is 7. The minimum atomic E-state index is -0.961. The molecule has 0 aromatic heterocycles. The number of benzene rings is 1. The fourth-order valence-corrected chi connectivity index (χ4v) is 2.13. The first-order valence-electron chi connectivity index (χ1n) is 5.85. The minimum absolute atomic E-state index is 0.0354. The summed E-state index contributed by atoms with van der Waals surface area (Å²) in [6.45, 7) is 1.57. The maximum atomic E-state index is 13.4. The molecule has 0 radical (unpaired) electrons. The van der Waals surface area contributed by atoms with Crippen LogP contribution in [0.1, 0.15) is 18.1 Å². The normalized spacial score (nSPS) is 13.0. The van der Waals surface area contributed by atoms with E-state index in [2.05, 4.69) is 4.90 Å². The minimum Gasteiger partial charge on any atom is -0.388 e. The highest BCUT2D eigenvalue weighted by Gasteiger charge is 2.16. The van der Waals surface area contributed by atoms with Gasteiger partial charge in [-0.1, -0.05) is 12.1 Å². The lowest BCUT2D eigenvalue weighted by molar-refractivity contribution is 0.145. The van der Waals surface area contributed by atoms with Gasteiger partial charge in [-0.15, -0.1) is 0 Å². The van der Waals surface area contributed by atoms with E-state index in [0.29, 0.717) is 13.0 Å². The van der Waals surface area contributed by atoms with E-state index in [-0.39, 0.29) is 5.56 Å². The third-order valence-electron chi connectivity index (χ3n) is 2.80. The van der Waals surface area contributed by atoms with Gasteiger partial charge in [0.15, 0.2) is 11.6 Å². The molecule has 0 saturated carbocycles. The van der Waals surface area contributed by atoms with Crippen molar-refractivity contribution in [1.29, 1.82) is 0 Å². The summed E-state index contributed by atoms with van der Waals surface area (Å²) in [7, 11) is 1.95. The first-order chi connectivity index (χ1) is 8.56. The summed E-state index contributed by atoms with van der Waals surface area (Å²) < 4.78 is 26.4. The van der Waals surface area contributed by atoms with Gasteiger partial charge in [0.2, 0.25) is 0 Å². The predicted molar refractivity (Wildman–Crippen MR) is 71.8 cm³/mol. The lowest BCUT2D eigenvalue weighted by Crippen LogP contribution is -2.24. The summed E-state index contributed by atoms with van der Waals surface area (Å²) >= 11 is 1.75. The average Bonchev–Trinajstić information content (AvgIpc) is 2.36. The van der Waals surface area contributed by atoms with Crippen LogP contribution in [-0.4, -0.2) is 42.2 Å². The van der Waals surface area contributed by atoms with Crippen LogP contribution in [-0.2, 0) is 0 Å². The van der Waals surface area contributed by atoms with E-state index in [0.717, 1.165) is 18.4 Å². The van der Waals surface area contributed by atoms with Crippen LogP contribution < -0.4 is 0 Å². The maximum absolute atomic E-state index is 13.4. The Morgan fingerprint density at radius 2 is 2.06 bits per heavy atom. The SMILES string of the molecule is CSCCN(C)CCC(O)c1cccc(F)c1F. The molecule has 0 amide bonds. The second-order valence-electron chi connectivity index (χ2n) is 4.24. The number of hydrogen-bond donors (Lipinski definition) is 1. The molecule has 0 heterocycles. The van der Waals surface area contributed by atoms with Gasteiger partial charge in [-0.3, -0.25) is 0 Å². The Labute approximate surface area is 111 Å². The molecule has 1 atom stereocenters. The number of halogens is 2. The first kappa shape index (κ1) is 15.4. The molecule has 1 unspecified atom stereocenters. The molecule has 1 rings (SSSR count). The fraction of sp³-hybridized carbons (Fsp3) is 0.538. The molecule has 0 fully saturated rings. The van der Waals surface area contributed by atoms with E-state index in [1.165, 1.54) is 12.1 Å². The van der Waals surface area contributed by atoms with Gasteiger partial charge in [0.25, 0.3) is 0 Å². The largest absolute Gasteiger partial charge is 0.388 e. The van der Waals surface area contributed by atoms with Crippen molar-refractivity contribution in [2.24, 2.45) is 0 Å². The molecule has 0 spiro atoms. The van der Waals surface area contributed by atoms with E-state index in [1.54, 1.807) is 11.8 Å². The number of aliphatic hydroxyl groups is 1. The highest BCUT2D eigenvalue weighted by molar-refractivity contribution is 7.98. The number of aliphatic hydroxyl groups excluding tert-OH is 1. The molecule has 0 aliphatic heterocycles. The number of thioether (sulfide) groups is 1. The predicted octanol–water partition coefficient (Wildman–Crippen LogP) is 2.68. The summed E-state index contributed by atoms with van der Waals surface area (Å²) in [5, 5.41) is 9.86. The molecular weight excluding hydrogens is 256 g/mol. The van der Waals surface area contributed by atoms with E-state index in [1.807, 2.05) is 13.3 Å². The zero-order valence-electron chi connectivity index (χ0n) is 10.7. The molecule has 18 heavy (non-hydrogen) atoms. The summed E-state index contributed by atoms with van der Waals surface area (Å²) in [4.78, 5) is 2.07. The molecule has 0 bridgehead atoms. The van der Waals surface area contributed by atoms with Crippen molar-refractivity contribution in [3.05, 3.63) is 35.4 Å². The van der Waals surface area contributed by atoms with Crippen LogP contribution in [0.5, 0.6) is 0 Å². The highest BCUT2D eigenvalue weighted by atomic mass is 32.2. The Morgan fingerprint density at radius 1 is 1.33 bits per heavy atom. The van der Waals surface area contributed by atoms with Crippen LogP contribution in [0.15, 0.2) is 18.2 Å². The summed E-state index contributed by atoms with van der Waals surface area (Å²) in [6.07, 6.45) is 1.47. The lowest BCUT2D eigenvalue weighted by Gasteiger charge is -2.18. The van der Waals surface area contributed by atoms with Gasteiger partial charge in [-0.25, -0.2) is 8.78 Å². The summed E-state index contributed by atoms with van der Waals surface area (Å²) in [6, 6.07) is 3.88. The zero-order valence-corrected chi connectivity index (χ0v) is 11.5. The molecule has 1 aromatic carbocycles. The van der Waals surface area contributed by atoms with Crippen LogP contribution in [0.25, 0.3) is 0 Å². The Balaban J connectivity index is 2.50. The third-order valence-corrected chi connectivity index (χ3v) is 3.39. The fourth-order valence-electron chi connectivity index (χ4n) is 1.63. The quantitative estimate of drug-likeness (QED) is 0.827. The Bertz CT molecular complexity index is 376. The van der Waals surface area contributed by atoms with Crippen molar-refractivity contribution in [3.63, 3.8) is 0 Å². The van der Waals surface area contributed by atoms with Gasteiger partial charge in [-0.05, 0) is 25.8 Å². The van der Waals surface area contributed by atoms with E-state index in [4.69, 9.17) is 0 Å². The molecule has 102 valence electrons. The Kier molecular flexibility index (Phi) is 6.60. The van der Waals surface area contributed by atoms with E-state index in [9.17, 15) is 13.9 Å². The van der Waals surface area contributed by atoms with Crippen molar-refractivity contribution in [2.75, 3.05) is 32.1 Å². The summed E-state index contributed by atoms with van der Waals surface area (Å²) in [5.74, 6) is -0.847. The molecule has 1 aromatic rings. The van der Waals surface area contributed by atoms with Gasteiger partial charge in [0.1, 0.15) is 0 Å². The smallest absolute Gasteiger partial charge is 0.164 e. The van der Waals surface area contributed by atoms with Crippen molar-refractivity contribution in [1.82, 2.24) is 4.90 Å². The summed E-state index contributed by atoms with van der Waals surface area (Å²) in [5.41, 5.74) is 0.0354. The van der Waals surface area contributed by atoms with Crippen molar-refractivity contribution < 1.29 is 13.9 Å². The molecule has 1 N–H and O–H groups in total. The van der Waals surface area contributed by atoms with Crippen molar-refractivity contribution in [2.45, 2.75) is 12.5 Å². The van der Waals surface area contributed by atoms with Crippen LogP contribution >= 0.6 is 11.8 Å². The monoisotopic (exact) mass is 275 g/mol. The number of hydrogen-bond acceptors (Lipinski definition) is 3. The Morgan fingerprint density at radius 3 is 2.72 bits per heavy atom. The second kappa shape index (κ2) is 7.71. The molecule has 5 heteroatoms. The zero-order chi connectivity index (χ0) is 13.5. The topological polar surface area (TPSA) is 23.5 Å². The van der Waals surface area contributed by atoms with Gasteiger partial charge < -0.3 is 10.0 Å². The molecular formula is C13H19F2NOS. The van der Waals surface area contributed by atoms with Crippen LogP contribution in [0.3, 0.4) is 0 Å². The van der Waals surface area contributed by atoms with Crippen LogP contribution in [0.2, 0.25) is 0 Å². The lowest BCUT2D eigenvalue weighted by atomic mass is 10.1. The first-order valence-corrected chi connectivity index (χ1v) is 7.25. The van der Waals surface area contributed by atoms with Crippen molar-refractivity contribution in [3.8, 4) is 0 Å². The van der Waals surface area contributed by atoms with Crippen LogP contribution in [0.4, 0.5) is 8.78 Å². The maximum Gasteiger partial charge on any atom is 0.164 e. The van der Waals surface area contributed by atoms with Gasteiger partial charge in [0, 0.05) is 24.4 Å². The van der Waals surface area contributed by atoms with Gasteiger partial charge in [-0.2, -0.15) is 11.8 Å². The Hall–Kier alpha value is -0.650. The second-order valence-corrected chi connectivity index (χ2v) is 5.23. The molecule has 0 saturated heterocycles. The third kappa shape index (κ3) is 4.55. The standard InChI is InChI=1S/C13H19F2NOS/c1-16(8-9-18-2)7-6-12(17)10-4-3-5-11(14)13(10)15/h3-5,12,17H,6-9H2,1-2H3. The van der Waals surface area contributed by atoms with E-state index < -0.39 is 17.7 Å². The van der Waals surface area contributed by atoms with Gasteiger partial charge >= 0.3 is 0 Å². The highest BCUT2D eigenvalue weighted by Crippen LogP contribution is 2.21. The van der Waals surface area contributed by atoms with Gasteiger partial charge in [0.05, 0.1) is 6.10 Å². The number of nitrogens with zero attached hydrogens (tertiary/aromatic N) is 1. The van der Waals surface area contributed by atoms with Crippen LogP contribution in [0, 0.1) is 11.6 Å². The average molecular weight is 275 g/mol. The molecule has 2 nitrogen and oxygen atoms in total. The van der Waals surface area contributed by atoms with Crippen molar-refractivity contribution >= 4 is 11.8 Å². The molecule has 0 aliphatic carbocycles. The van der Waals surface area contributed by atoms with E-state index >= 15 is 0 Å². The molecule has 0 aliphatic rings.